The molecule has 6 heteroatoms. The molecule has 0 bridgehead atoms. The fraction of sp³-hybridized carbons (Fsp3) is 0.304. The van der Waals surface area contributed by atoms with Crippen molar-refractivity contribution < 1.29 is 19.8 Å². The van der Waals surface area contributed by atoms with Gasteiger partial charge in [0.2, 0.25) is 11.6 Å². The van der Waals surface area contributed by atoms with Crippen molar-refractivity contribution in [3.05, 3.63) is 75.0 Å². The number of ketones is 2. The molecule has 0 aliphatic heterocycles. The number of carbonyl (C=O) groups excluding carboxylic acids is 2. The molecule has 0 spiro atoms. The van der Waals surface area contributed by atoms with Gasteiger partial charge in [0.1, 0.15) is 0 Å². The Morgan fingerprint density at radius 1 is 0.724 bits per heavy atom. The van der Waals surface area contributed by atoms with Crippen molar-refractivity contribution in [3.63, 3.8) is 0 Å². The van der Waals surface area contributed by atoms with Crippen molar-refractivity contribution in [3.8, 4) is 0 Å². The van der Waals surface area contributed by atoms with Gasteiger partial charge in [-0.2, -0.15) is 0 Å². The van der Waals surface area contributed by atoms with Gasteiger partial charge >= 0.3 is 0 Å². The first-order valence-corrected chi connectivity index (χ1v) is 11.5. The van der Waals surface area contributed by atoms with Gasteiger partial charge in [-0.05, 0) is 30.2 Å². The summed E-state index contributed by atoms with van der Waals surface area (Å²) in [5, 5.41) is 18.5. The second-order valence-electron chi connectivity index (χ2n) is 6.72. The maximum Gasteiger partial charge on any atom is 0.201 e. The number of rotatable bonds is 10. The smallest absolute Gasteiger partial charge is 0.201 e. The third-order valence-electron chi connectivity index (χ3n) is 4.69. The SMILES string of the molecule is O=C1C(SCCCCCCO)=C(Sc2ccccc2CO)C(=O)c2ccccc21. The molecule has 152 valence electrons. The lowest BCUT2D eigenvalue weighted by molar-refractivity contribution is 0.0988. The van der Waals surface area contributed by atoms with Gasteiger partial charge in [-0.25, -0.2) is 0 Å². The molecule has 1 aliphatic carbocycles. The van der Waals surface area contributed by atoms with E-state index in [4.69, 9.17) is 5.11 Å². The van der Waals surface area contributed by atoms with Gasteiger partial charge in [-0.1, -0.05) is 67.1 Å². The van der Waals surface area contributed by atoms with Gasteiger partial charge < -0.3 is 10.2 Å². The Hall–Kier alpha value is -1.86. The molecule has 0 saturated carbocycles. The average Bonchev–Trinajstić information content (AvgIpc) is 2.76. The Labute approximate surface area is 179 Å². The minimum atomic E-state index is -0.138. The largest absolute Gasteiger partial charge is 0.396 e. The number of Topliss-reactive ketones (excluding diaryl/α,β-unsaturated/α-hetero) is 2. The molecule has 0 radical (unpaired) electrons. The Balaban J connectivity index is 1.89. The van der Waals surface area contributed by atoms with E-state index in [1.807, 2.05) is 24.3 Å². The summed E-state index contributed by atoms with van der Waals surface area (Å²) in [5.74, 6) is 0.499. The summed E-state index contributed by atoms with van der Waals surface area (Å²) in [6.45, 7) is 0.0790. The first-order valence-electron chi connectivity index (χ1n) is 9.70. The van der Waals surface area contributed by atoms with Crippen LogP contribution in [0.15, 0.2) is 63.2 Å². The number of carbonyl (C=O) groups is 2. The van der Waals surface area contributed by atoms with Gasteiger partial charge in [-0.3, -0.25) is 9.59 Å². The topological polar surface area (TPSA) is 74.6 Å². The van der Waals surface area contributed by atoms with Gasteiger partial charge in [0.25, 0.3) is 0 Å². The van der Waals surface area contributed by atoms with Crippen molar-refractivity contribution in [2.75, 3.05) is 12.4 Å². The molecule has 29 heavy (non-hydrogen) atoms. The summed E-state index contributed by atoms with van der Waals surface area (Å²) in [6, 6.07) is 14.3. The molecule has 0 unspecified atom stereocenters. The summed E-state index contributed by atoms with van der Waals surface area (Å²) >= 11 is 2.70. The molecular weight excluding hydrogens is 404 g/mol. The summed E-state index contributed by atoms with van der Waals surface area (Å²) in [4.78, 5) is 28.1. The molecule has 0 fully saturated rings. The van der Waals surface area contributed by atoms with Crippen LogP contribution in [0.25, 0.3) is 0 Å². The zero-order valence-electron chi connectivity index (χ0n) is 16.1. The van der Waals surface area contributed by atoms with Crippen LogP contribution in [0.5, 0.6) is 0 Å². The predicted molar refractivity (Wildman–Crippen MR) is 118 cm³/mol. The fourth-order valence-electron chi connectivity index (χ4n) is 3.14. The number of aliphatic hydroxyl groups is 2. The number of hydrogen-bond acceptors (Lipinski definition) is 6. The number of fused-ring (bicyclic) bond motifs is 1. The Morgan fingerprint density at radius 2 is 1.34 bits per heavy atom. The average molecular weight is 429 g/mol. The van der Waals surface area contributed by atoms with Crippen molar-refractivity contribution in [2.45, 2.75) is 37.2 Å². The molecule has 2 aromatic rings. The minimum Gasteiger partial charge on any atom is -0.396 e. The van der Waals surface area contributed by atoms with E-state index in [1.54, 1.807) is 24.3 Å². The lowest BCUT2D eigenvalue weighted by Crippen LogP contribution is -2.19. The number of unbranched alkanes of at least 4 members (excludes halogenated alkanes) is 3. The van der Waals surface area contributed by atoms with E-state index in [-0.39, 0.29) is 24.8 Å². The normalized spacial score (nSPS) is 13.7. The molecule has 4 nitrogen and oxygen atoms in total. The summed E-state index contributed by atoms with van der Waals surface area (Å²) in [7, 11) is 0. The van der Waals surface area contributed by atoms with Crippen LogP contribution >= 0.6 is 23.5 Å². The van der Waals surface area contributed by atoms with Crippen LogP contribution in [0.3, 0.4) is 0 Å². The maximum absolute atomic E-state index is 13.2. The standard InChI is InChI=1S/C23H24O4S2/c24-13-7-1-2-8-14-28-22-20(26)17-10-4-5-11-18(17)21(27)23(22)29-19-12-6-3-9-16(19)15-25/h3-6,9-12,24-25H,1-2,7-8,13-15H2. The van der Waals surface area contributed by atoms with Crippen molar-refractivity contribution in [1.29, 1.82) is 0 Å². The van der Waals surface area contributed by atoms with E-state index in [9.17, 15) is 14.7 Å². The lowest BCUT2D eigenvalue weighted by atomic mass is 9.94. The number of aliphatic hydroxyl groups excluding tert-OH is 2. The molecule has 2 N–H and O–H groups in total. The molecule has 3 rings (SSSR count). The van der Waals surface area contributed by atoms with Gasteiger partial charge in [0.15, 0.2) is 0 Å². The van der Waals surface area contributed by atoms with E-state index in [2.05, 4.69) is 0 Å². The van der Waals surface area contributed by atoms with Crippen molar-refractivity contribution in [2.24, 2.45) is 0 Å². The third kappa shape index (κ3) is 5.20. The predicted octanol–water partition coefficient (Wildman–Crippen LogP) is 4.85. The second-order valence-corrected chi connectivity index (χ2v) is 8.87. The quantitative estimate of drug-likeness (QED) is 0.527. The van der Waals surface area contributed by atoms with Crippen LogP contribution < -0.4 is 0 Å². The number of thioether (sulfide) groups is 2. The zero-order valence-corrected chi connectivity index (χ0v) is 17.7. The maximum atomic E-state index is 13.2. The molecule has 0 amide bonds. The van der Waals surface area contributed by atoms with Crippen LogP contribution in [-0.2, 0) is 6.61 Å². The first kappa shape index (κ1) is 21.8. The minimum absolute atomic E-state index is 0.107. The Bertz CT molecular complexity index is 921. The number of hydrogen-bond donors (Lipinski definition) is 2. The zero-order chi connectivity index (χ0) is 20.6. The second kappa shape index (κ2) is 10.8. The van der Waals surface area contributed by atoms with E-state index in [1.165, 1.54) is 23.5 Å². The summed E-state index contributed by atoms with van der Waals surface area (Å²) < 4.78 is 0. The van der Waals surface area contributed by atoms with E-state index >= 15 is 0 Å². The van der Waals surface area contributed by atoms with Crippen LogP contribution in [-0.4, -0.2) is 34.1 Å². The van der Waals surface area contributed by atoms with Gasteiger partial charge in [-0.15, -0.1) is 11.8 Å². The van der Waals surface area contributed by atoms with Crippen molar-refractivity contribution >= 4 is 35.1 Å². The molecule has 2 aromatic carbocycles. The van der Waals surface area contributed by atoms with Crippen LogP contribution in [0.1, 0.15) is 52.0 Å². The van der Waals surface area contributed by atoms with Crippen molar-refractivity contribution in [1.82, 2.24) is 0 Å². The highest BCUT2D eigenvalue weighted by Crippen LogP contribution is 2.42. The Kier molecular flexibility index (Phi) is 8.12. The monoisotopic (exact) mass is 428 g/mol. The Morgan fingerprint density at radius 3 is 2.03 bits per heavy atom. The van der Waals surface area contributed by atoms with E-state index < -0.39 is 0 Å². The van der Waals surface area contributed by atoms with Gasteiger partial charge in [0.05, 0.1) is 16.4 Å². The first-order chi connectivity index (χ1) is 14.2. The summed E-state index contributed by atoms with van der Waals surface area (Å²) in [6.07, 6.45) is 3.65. The molecule has 0 aromatic heterocycles. The van der Waals surface area contributed by atoms with E-state index in [0.29, 0.717) is 20.9 Å². The van der Waals surface area contributed by atoms with Crippen LogP contribution in [0, 0.1) is 0 Å². The molecule has 1 aliphatic rings. The van der Waals surface area contributed by atoms with Gasteiger partial charge in [0, 0.05) is 22.6 Å². The number of benzene rings is 2. The van der Waals surface area contributed by atoms with Crippen LogP contribution in [0.4, 0.5) is 0 Å². The highest BCUT2D eigenvalue weighted by Gasteiger charge is 2.33. The molecular formula is C23H24O4S2. The van der Waals surface area contributed by atoms with E-state index in [0.717, 1.165) is 41.9 Å². The summed E-state index contributed by atoms with van der Waals surface area (Å²) in [5.41, 5.74) is 1.63. The third-order valence-corrected chi connectivity index (χ3v) is 7.20. The molecule has 0 atom stereocenters. The highest BCUT2D eigenvalue weighted by atomic mass is 32.2. The lowest BCUT2D eigenvalue weighted by Gasteiger charge is -2.21. The number of allylic oxidation sites excluding steroid dienone is 2. The van der Waals surface area contributed by atoms with Crippen LogP contribution in [0.2, 0.25) is 0 Å². The molecule has 0 heterocycles. The molecule has 0 saturated heterocycles. The fourth-order valence-corrected chi connectivity index (χ4v) is 5.48. The highest BCUT2D eigenvalue weighted by molar-refractivity contribution is 8.08.